The van der Waals surface area contributed by atoms with E-state index in [4.69, 9.17) is 0 Å². The molecule has 0 saturated heterocycles. The molecule has 0 N–H and O–H groups in total. The van der Waals surface area contributed by atoms with Gasteiger partial charge in [-0.1, -0.05) is 13.3 Å². The van der Waals surface area contributed by atoms with Gasteiger partial charge in [-0.25, -0.2) is 0 Å². The molecule has 0 radical (unpaired) electrons. The van der Waals surface area contributed by atoms with Gasteiger partial charge in [0.05, 0.1) is 0 Å². The Morgan fingerprint density at radius 1 is 0.824 bits per heavy atom. The third kappa shape index (κ3) is 1.08. The van der Waals surface area contributed by atoms with Gasteiger partial charge in [0.15, 0.2) is 0 Å². The summed E-state index contributed by atoms with van der Waals surface area (Å²) in [6.45, 7) is 2.23. The highest BCUT2D eigenvalue weighted by atomic mass is 16.1. The quantitative estimate of drug-likeness (QED) is 0.643. The fourth-order valence-electron chi connectivity index (χ4n) is 5.70. The minimum Gasteiger partial charge on any atom is -0.299 e. The molecule has 4 aliphatic rings. The molecule has 7 unspecified atom stereocenters. The van der Waals surface area contributed by atoms with Gasteiger partial charge < -0.3 is 0 Å². The molecule has 0 spiro atoms. The zero-order valence-electron chi connectivity index (χ0n) is 10.4. The van der Waals surface area contributed by atoms with Crippen molar-refractivity contribution in [2.75, 3.05) is 0 Å². The standard InChI is InChI=1S/C15H20O2/c1-7-5-6-10-13-11(7)15(17)9-4-2-3-8(12(9)13)14(10)16/h7-13H,2-6H2,1H3. The number of hydrogen-bond acceptors (Lipinski definition) is 2. The van der Waals surface area contributed by atoms with E-state index < -0.39 is 0 Å². The first-order chi connectivity index (χ1) is 8.20. The summed E-state index contributed by atoms with van der Waals surface area (Å²) < 4.78 is 0. The van der Waals surface area contributed by atoms with Gasteiger partial charge in [0.25, 0.3) is 0 Å². The number of hydrogen-bond donors (Lipinski definition) is 0. The lowest BCUT2D eigenvalue weighted by molar-refractivity contribution is -0.133. The van der Waals surface area contributed by atoms with Gasteiger partial charge in [-0.05, 0) is 43.4 Å². The van der Waals surface area contributed by atoms with Crippen LogP contribution in [0.4, 0.5) is 0 Å². The van der Waals surface area contributed by atoms with Gasteiger partial charge in [-0.2, -0.15) is 0 Å². The Kier molecular flexibility index (Phi) is 1.94. The Morgan fingerprint density at radius 2 is 1.47 bits per heavy atom. The second kappa shape index (κ2) is 3.21. The summed E-state index contributed by atoms with van der Waals surface area (Å²) in [5.41, 5.74) is 0. The van der Waals surface area contributed by atoms with E-state index >= 15 is 0 Å². The van der Waals surface area contributed by atoms with Crippen molar-refractivity contribution in [2.45, 2.75) is 39.0 Å². The van der Waals surface area contributed by atoms with Crippen LogP contribution in [0, 0.1) is 41.4 Å². The predicted octanol–water partition coefficient (Wildman–Crippen LogP) is 2.46. The van der Waals surface area contributed by atoms with Crippen molar-refractivity contribution < 1.29 is 9.59 Å². The monoisotopic (exact) mass is 232 g/mol. The van der Waals surface area contributed by atoms with Crippen LogP contribution in [0.15, 0.2) is 0 Å². The largest absolute Gasteiger partial charge is 0.299 e. The molecule has 0 aromatic heterocycles. The Hall–Kier alpha value is -0.660. The van der Waals surface area contributed by atoms with Crippen LogP contribution in [0.2, 0.25) is 0 Å². The molecular weight excluding hydrogens is 212 g/mol. The lowest BCUT2D eigenvalue weighted by atomic mass is 9.69. The lowest BCUT2D eigenvalue weighted by Crippen LogP contribution is -2.35. The molecule has 0 aromatic carbocycles. The summed E-state index contributed by atoms with van der Waals surface area (Å²) in [6.07, 6.45) is 5.40. The number of carbonyl (C=O) groups is 2. The van der Waals surface area contributed by atoms with E-state index in [0.717, 1.165) is 32.1 Å². The van der Waals surface area contributed by atoms with Crippen molar-refractivity contribution >= 4 is 11.6 Å². The molecule has 4 fully saturated rings. The molecule has 0 amide bonds. The van der Waals surface area contributed by atoms with Crippen LogP contribution in [0.5, 0.6) is 0 Å². The smallest absolute Gasteiger partial charge is 0.139 e. The molecule has 4 rings (SSSR count). The average Bonchev–Trinajstić information content (AvgIpc) is 2.79. The van der Waals surface area contributed by atoms with Gasteiger partial charge in [0.1, 0.15) is 11.6 Å². The maximum absolute atomic E-state index is 12.5. The van der Waals surface area contributed by atoms with Crippen molar-refractivity contribution in [3.05, 3.63) is 0 Å². The van der Waals surface area contributed by atoms with Crippen molar-refractivity contribution in [2.24, 2.45) is 41.4 Å². The summed E-state index contributed by atoms with van der Waals surface area (Å²) in [5.74, 6) is 3.55. The van der Waals surface area contributed by atoms with Gasteiger partial charge in [0.2, 0.25) is 0 Å². The minimum atomic E-state index is 0.246. The molecule has 0 aromatic rings. The van der Waals surface area contributed by atoms with E-state index in [1.807, 2.05) is 0 Å². The normalized spacial score (nSPS) is 56.2. The van der Waals surface area contributed by atoms with Gasteiger partial charge >= 0.3 is 0 Å². The van der Waals surface area contributed by atoms with Crippen LogP contribution in [-0.4, -0.2) is 11.6 Å². The summed E-state index contributed by atoms with van der Waals surface area (Å²) in [6, 6.07) is 0. The fraction of sp³-hybridized carbons (Fsp3) is 0.867. The average molecular weight is 232 g/mol. The maximum atomic E-state index is 12.5. The van der Waals surface area contributed by atoms with Crippen LogP contribution < -0.4 is 0 Å². The molecule has 92 valence electrons. The molecule has 2 heteroatoms. The minimum absolute atomic E-state index is 0.246. The van der Waals surface area contributed by atoms with Crippen molar-refractivity contribution in [1.29, 1.82) is 0 Å². The molecular formula is C15H20O2. The number of ketones is 2. The van der Waals surface area contributed by atoms with Crippen LogP contribution in [0.1, 0.15) is 39.0 Å². The highest BCUT2D eigenvalue weighted by Gasteiger charge is 2.65. The fourth-order valence-corrected chi connectivity index (χ4v) is 5.70. The van der Waals surface area contributed by atoms with Gasteiger partial charge in [-0.15, -0.1) is 0 Å². The van der Waals surface area contributed by atoms with E-state index in [0.29, 0.717) is 29.3 Å². The first-order valence-electron chi connectivity index (χ1n) is 7.27. The Morgan fingerprint density at radius 3 is 2.24 bits per heavy atom. The predicted molar refractivity (Wildman–Crippen MR) is 63.2 cm³/mol. The molecule has 7 atom stereocenters. The molecule has 17 heavy (non-hydrogen) atoms. The van der Waals surface area contributed by atoms with Crippen LogP contribution in [0.3, 0.4) is 0 Å². The highest BCUT2D eigenvalue weighted by molar-refractivity contribution is 5.95. The summed E-state index contributed by atoms with van der Waals surface area (Å²) in [5, 5.41) is 0. The Bertz CT molecular complexity index is 400. The van der Waals surface area contributed by atoms with Crippen molar-refractivity contribution in [1.82, 2.24) is 0 Å². The van der Waals surface area contributed by atoms with E-state index in [-0.39, 0.29) is 23.7 Å². The topological polar surface area (TPSA) is 34.1 Å². The van der Waals surface area contributed by atoms with Gasteiger partial charge in [0, 0.05) is 23.7 Å². The van der Waals surface area contributed by atoms with Crippen LogP contribution in [-0.2, 0) is 9.59 Å². The zero-order valence-corrected chi connectivity index (χ0v) is 10.4. The van der Waals surface area contributed by atoms with Gasteiger partial charge in [-0.3, -0.25) is 9.59 Å². The lowest BCUT2D eigenvalue weighted by Gasteiger charge is -2.34. The third-order valence-electron chi connectivity index (χ3n) is 6.25. The molecule has 2 nitrogen and oxygen atoms in total. The van der Waals surface area contributed by atoms with Crippen molar-refractivity contribution in [3.8, 4) is 0 Å². The Balaban J connectivity index is 1.83. The molecule has 0 aliphatic heterocycles. The Labute approximate surface area is 102 Å². The summed E-state index contributed by atoms with van der Waals surface area (Å²) >= 11 is 0. The maximum Gasteiger partial charge on any atom is 0.139 e. The second-order valence-electron chi connectivity index (χ2n) is 6.79. The highest BCUT2D eigenvalue weighted by Crippen LogP contribution is 2.62. The number of carbonyl (C=O) groups excluding carboxylic acids is 2. The SMILES string of the molecule is CC1CCC2C(=O)C3CCCC4C(=O)C1C2C34. The third-order valence-corrected chi connectivity index (χ3v) is 6.25. The molecule has 0 bridgehead atoms. The van der Waals surface area contributed by atoms with Crippen LogP contribution in [0.25, 0.3) is 0 Å². The second-order valence-corrected chi connectivity index (χ2v) is 6.79. The molecule has 4 saturated carbocycles. The summed E-state index contributed by atoms with van der Waals surface area (Å²) in [4.78, 5) is 25.0. The first kappa shape index (κ1) is 10.3. The van der Waals surface area contributed by atoms with E-state index in [1.165, 1.54) is 0 Å². The van der Waals surface area contributed by atoms with Crippen molar-refractivity contribution in [3.63, 3.8) is 0 Å². The number of rotatable bonds is 0. The van der Waals surface area contributed by atoms with E-state index in [2.05, 4.69) is 6.92 Å². The molecule has 0 heterocycles. The van der Waals surface area contributed by atoms with E-state index in [1.54, 1.807) is 0 Å². The van der Waals surface area contributed by atoms with E-state index in [9.17, 15) is 9.59 Å². The van der Waals surface area contributed by atoms with Crippen LogP contribution >= 0.6 is 0 Å². The first-order valence-corrected chi connectivity index (χ1v) is 7.27. The number of Topliss-reactive ketones (excluding diaryl/α,β-unsaturated/α-hetero) is 2. The summed E-state index contributed by atoms with van der Waals surface area (Å²) in [7, 11) is 0. The molecule has 4 aliphatic carbocycles. The zero-order chi connectivity index (χ0) is 11.7.